The molecule has 0 N–H and O–H groups in total. The summed E-state index contributed by atoms with van der Waals surface area (Å²) in [5.41, 5.74) is 4.93. The van der Waals surface area contributed by atoms with E-state index in [1.54, 1.807) is 24.3 Å². The zero-order valence-corrected chi connectivity index (χ0v) is 14.0. The second kappa shape index (κ2) is 5.46. The van der Waals surface area contributed by atoms with Gasteiger partial charge in [-0.3, -0.25) is 4.79 Å². The molecule has 4 rings (SSSR count). The van der Waals surface area contributed by atoms with E-state index in [0.29, 0.717) is 27.4 Å². The smallest absolute Gasteiger partial charge is 0.195 e. The first-order valence-electron chi connectivity index (χ1n) is 7.65. The van der Waals surface area contributed by atoms with Crippen LogP contribution in [0.2, 0.25) is 5.02 Å². The van der Waals surface area contributed by atoms with Crippen molar-refractivity contribution in [1.82, 2.24) is 4.98 Å². The normalized spacial score (nSPS) is 11.3. The molecule has 0 saturated carbocycles. The van der Waals surface area contributed by atoms with E-state index in [1.165, 1.54) is 0 Å². The van der Waals surface area contributed by atoms with Crippen molar-refractivity contribution in [2.45, 2.75) is 13.8 Å². The first kappa shape index (κ1) is 14.9. The lowest BCUT2D eigenvalue weighted by molar-refractivity contribution is 0.103. The summed E-state index contributed by atoms with van der Waals surface area (Å²) in [6, 6.07) is 14.7. The van der Waals surface area contributed by atoms with Gasteiger partial charge in [-0.1, -0.05) is 23.7 Å². The number of ketones is 1. The number of pyridine rings is 1. The predicted molar refractivity (Wildman–Crippen MR) is 95.9 cm³/mol. The lowest BCUT2D eigenvalue weighted by Gasteiger charge is -2.09. The Hall–Kier alpha value is -2.65. The molecule has 4 aromatic rings. The highest BCUT2D eigenvalue weighted by molar-refractivity contribution is 6.30. The molecule has 0 aliphatic rings. The van der Waals surface area contributed by atoms with Gasteiger partial charge < -0.3 is 4.42 Å². The van der Waals surface area contributed by atoms with Crippen LogP contribution in [0.4, 0.5) is 0 Å². The number of benzene rings is 2. The highest BCUT2D eigenvalue weighted by atomic mass is 35.5. The standard InChI is InChI=1S/C20H14ClNO2/c1-11-17(19(23)13-7-9-14(21)10-8-13)12(2)22-18-15-5-3-4-6-16(15)24-20(11)18/h3-10H,1-2H3. The molecule has 2 heterocycles. The van der Waals surface area contributed by atoms with Crippen LogP contribution >= 0.6 is 11.6 Å². The third-order valence-electron chi connectivity index (χ3n) is 4.26. The van der Waals surface area contributed by atoms with E-state index in [9.17, 15) is 4.79 Å². The minimum atomic E-state index is -0.0727. The third kappa shape index (κ3) is 2.21. The van der Waals surface area contributed by atoms with E-state index in [1.807, 2.05) is 38.1 Å². The van der Waals surface area contributed by atoms with Gasteiger partial charge in [-0.2, -0.15) is 0 Å². The topological polar surface area (TPSA) is 43.1 Å². The molecule has 0 radical (unpaired) electrons. The molecule has 24 heavy (non-hydrogen) atoms. The first-order chi connectivity index (χ1) is 11.6. The highest BCUT2D eigenvalue weighted by Gasteiger charge is 2.21. The monoisotopic (exact) mass is 335 g/mol. The van der Waals surface area contributed by atoms with Crippen LogP contribution in [-0.4, -0.2) is 10.8 Å². The van der Waals surface area contributed by atoms with Gasteiger partial charge >= 0.3 is 0 Å². The Morgan fingerprint density at radius 2 is 1.75 bits per heavy atom. The molecular formula is C20H14ClNO2. The molecule has 0 aliphatic heterocycles. The van der Waals surface area contributed by atoms with Gasteiger partial charge in [-0.05, 0) is 50.2 Å². The summed E-state index contributed by atoms with van der Waals surface area (Å²) in [6.07, 6.45) is 0. The maximum atomic E-state index is 12.9. The van der Waals surface area contributed by atoms with Crippen molar-refractivity contribution in [2.75, 3.05) is 0 Å². The summed E-state index contributed by atoms with van der Waals surface area (Å²) < 4.78 is 5.95. The summed E-state index contributed by atoms with van der Waals surface area (Å²) in [6.45, 7) is 3.76. The average molecular weight is 336 g/mol. The fourth-order valence-corrected chi connectivity index (χ4v) is 3.21. The Labute approximate surface area is 143 Å². The number of fused-ring (bicyclic) bond motifs is 3. The summed E-state index contributed by atoms with van der Waals surface area (Å²) in [5, 5.41) is 1.56. The third-order valence-corrected chi connectivity index (χ3v) is 4.51. The number of nitrogens with zero attached hydrogens (tertiary/aromatic N) is 1. The van der Waals surface area contributed by atoms with Crippen LogP contribution in [0.25, 0.3) is 22.1 Å². The Morgan fingerprint density at radius 1 is 1.04 bits per heavy atom. The number of para-hydroxylation sites is 1. The predicted octanol–water partition coefficient (Wildman–Crippen LogP) is 5.48. The van der Waals surface area contributed by atoms with Crippen molar-refractivity contribution in [3.8, 4) is 0 Å². The minimum absolute atomic E-state index is 0.0727. The van der Waals surface area contributed by atoms with E-state index in [4.69, 9.17) is 16.0 Å². The molecule has 0 aliphatic carbocycles. The Morgan fingerprint density at radius 3 is 2.50 bits per heavy atom. The van der Waals surface area contributed by atoms with Crippen molar-refractivity contribution in [3.05, 3.63) is 75.9 Å². The summed E-state index contributed by atoms with van der Waals surface area (Å²) in [4.78, 5) is 17.6. The highest BCUT2D eigenvalue weighted by Crippen LogP contribution is 2.32. The van der Waals surface area contributed by atoms with Crippen LogP contribution in [-0.2, 0) is 0 Å². The maximum Gasteiger partial charge on any atom is 0.195 e. The second-order valence-corrected chi connectivity index (χ2v) is 6.25. The van der Waals surface area contributed by atoms with Crippen molar-refractivity contribution < 1.29 is 9.21 Å². The second-order valence-electron chi connectivity index (χ2n) is 5.81. The number of hydrogen-bond acceptors (Lipinski definition) is 3. The van der Waals surface area contributed by atoms with Crippen LogP contribution in [0.15, 0.2) is 52.9 Å². The molecule has 0 amide bonds. The van der Waals surface area contributed by atoms with Crippen LogP contribution in [0, 0.1) is 13.8 Å². The van der Waals surface area contributed by atoms with Gasteiger partial charge in [0.05, 0.1) is 5.56 Å². The number of aromatic nitrogens is 1. The number of carbonyl (C=O) groups is 1. The SMILES string of the molecule is Cc1nc2c(oc3ccccc32)c(C)c1C(=O)c1ccc(Cl)cc1. The van der Waals surface area contributed by atoms with Gasteiger partial charge in [-0.15, -0.1) is 0 Å². The maximum absolute atomic E-state index is 12.9. The molecule has 2 aromatic carbocycles. The lowest BCUT2D eigenvalue weighted by Crippen LogP contribution is -2.08. The van der Waals surface area contributed by atoms with E-state index in [0.717, 1.165) is 22.0 Å². The number of halogens is 1. The molecular weight excluding hydrogens is 322 g/mol. The van der Waals surface area contributed by atoms with Crippen LogP contribution < -0.4 is 0 Å². The largest absolute Gasteiger partial charge is 0.454 e. The van der Waals surface area contributed by atoms with E-state index in [2.05, 4.69) is 4.98 Å². The van der Waals surface area contributed by atoms with Gasteiger partial charge in [0, 0.05) is 27.2 Å². The van der Waals surface area contributed by atoms with E-state index < -0.39 is 0 Å². The molecule has 3 nitrogen and oxygen atoms in total. The van der Waals surface area contributed by atoms with Crippen LogP contribution in [0.1, 0.15) is 27.2 Å². The average Bonchev–Trinajstić information content (AvgIpc) is 2.94. The Bertz CT molecular complexity index is 1090. The first-order valence-corrected chi connectivity index (χ1v) is 8.03. The zero-order chi connectivity index (χ0) is 16.8. The van der Waals surface area contributed by atoms with Gasteiger partial charge in [0.1, 0.15) is 11.1 Å². The number of furan rings is 1. The van der Waals surface area contributed by atoms with Crippen molar-refractivity contribution in [2.24, 2.45) is 0 Å². The molecule has 2 aromatic heterocycles. The van der Waals surface area contributed by atoms with E-state index in [-0.39, 0.29) is 5.78 Å². The fourth-order valence-electron chi connectivity index (χ4n) is 3.09. The molecule has 0 unspecified atom stereocenters. The van der Waals surface area contributed by atoms with Crippen molar-refractivity contribution in [1.29, 1.82) is 0 Å². The molecule has 118 valence electrons. The summed E-state index contributed by atoms with van der Waals surface area (Å²) in [7, 11) is 0. The van der Waals surface area contributed by atoms with Gasteiger partial charge in [0.25, 0.3) is 0 Å². The van der Waals surface area contributed by atoms with Gasteiger partial charge in [0.2, 0.25) is 0 Å². The lowest BCUT2D eigenvalue weighted by atomic mass is 9.97. The van der Waals surface area contributed by atoms with Gasteiger partial charge in [-0.25, -0.2) is 4.98 Å². The molecule has 0 bridgehead atoms. The molecule has 0 saturated heterocycles. The fraction of sp³-hybridized carbons (Fsp3) is 0.100. The van der Waals surface area contributed by atoms with Crippen LogP contribution in [0.5, 0.6) is 0 Å². The molecule has 0 fully saturated rings. The molecule has 0 spiro atoms. The van der Waals surface area contributed by atoms with Gasteiger partial charge in [0.15, 0.2) is 11.4 Å². The summed E-state index contributed by atoms with van der Waals surface area (Å²) >= 11 is 5.91. The Balaban J connectivity index is 1.97. The summed E-state index contributed by atoms with van der Waals surface area (Å²) in [5.74, 6) is -0.0727. The minimum Gasteiger partial charge on any atom is -0.454 e. The van der Waals surface area contributed by atoms with E-state index >= 15 is 0 Å². The quantitative estimate of drug-likeness (QED) is 0.455. The number of carbonyl (C=O) groups excluding carboxylic acids is 1. The number of aryl methyl sites for hydroxylation is 2. The number of hydrogen-bond donors (Lipinski definition) is 0. The zero-order valence-electron chi connectivity index (χ0n) is 13.3. The number of rotatable bonds is 2. The van der Waals surface area contributed by atoms with Crippen molar-refractivity contribution >= 4 is 39.5 Å². The Kier molecular flexibility index (Phi) is 3.39. The van der Waals surface area contributed by atoms with Crippen LogP contribution in [0.3, 0.4) is 0 Å². The molecule has 0 atom stereocenters. The van der Waals surface area contributed by atoms with Crippen molar-refractivity contribution in [3.63, 3.8) is 0 Å². The molecule has 4 heteroatoms.